The third kappa shape index (κ3) is 3.96. The Bertz CT molecular complexity index is 1120. The molecule has 1 amide bonds. The summed E-state index contributed by atoms with van der Waals surface area (Å²) in [5.41, 5.74) is 2.05. The number of hydrogen-bond acceptors (Lipinski definition) is 6. The number of amides is 1. The Balaban J connectivity index is 1.61. The number of likely N-dealkylation sites (tertiary alicyclic amines) is 1. The van der Waals surface area contributed by atoms with Crippen molar-refractivity contribution in [1.29, 1.82) is 0 Å². The molecular weight excluding hydrogens is 444 g/mol. The van der Waals surface area contributed by atoms with Gasteiger partial charge in [0.25, 0.3) is 11.7 Å². The van der Waals surface area contributed by atoms with Crippen LogP contribution in [0.15, 0.2) is 48.0 Å². The minimum Gasteiger partial charge on any atom is -0.507 e. The Morgan fingerprint density at radius 3 is 2.67 bits per heavy atom. The Hall–Kier alpha value is -3.03. The van der Waals surface area contributed by atoms with E-state index in [9.17, 15) is 14.7 Å². The summed E-state index contributed by atoms with van der Waals surface area (Å²) in [5.74, 6) is -0.823. The van der Waals surface area contributed by atoms with E-state index in [0.717, 1.165) is 18.5 Å². The molecule has 0 radical (unpaired) electrons. The number of fused-ring (bicyclic) bond motifs is 1. The van der Waals surface area contributed by atoms with Crippen LogP contribution in [0.5, 0.6) is 5.75 Å². The van der Waals surface area contributed by atoms with Crippen molar-refractivity contribution in [2.75, 3.05) is 38.3 Å². The molecule has 1 N–H and O–H groups in total. The monoisotopic (exact) mass is 468 g/mol. The second kappa shape index (κ2) is 8.72. The summed E-state index contributed by atoms with van der Waals surface area (Å²) < 4.78 is 11.4. The van der Waals surface area contributed by atoms with Crippen LogP contribution in [0, 0.1) is 0 Å². The summed E-state index contributed by atoms with van der Waals surface area (Å²) in [5, 5.41) is 11.9. The number of aliphatic hydroxyl groups excluding tert-OH is 1. The van der Waals surface area contributed by atoms with E-state index in [1.54, 1.807) is 42.5 Å². The largest absolute Gasteiger partial charge is 0.507 e. The van der Waals surface area contributed by atoms with Crippen LogP contribution in [-0.2, 0) is 14.3 Å². The minimum atomic E-state index is -0.725. The number of benzene rings is 2. The molecule has 3 aliphatic heterocycles. The molecule has 0 spiro atoms. The number of nitrogens with zero attached hydrogens (tertiary/aromatic N) is 2. The van der Waals surface area contributed by atoms with Crippen molar-refractivity contribution in [2.24, 2.45) is 0 Å². The third-order valence-electron chi connectivity index (χ3n) is 6.48. The number of ether oxygens (including phenoxy) is 2. The molecular formula is C25H25ClN2O5. The Kier molecular flexibility index (Phi) is 5.76. The van der Waals surface area contributed by atoms with Gasteiger partial charge in [-0.05, 0) is 48.7 Å². The molecule has 2 fully saturated rings. The van der Waals surface area contributed by atoms with E-state index in [2.05, 4.69) is 0 Å². The molecule has 0 aliphatic carbocycles. The second-order valence-electron chi connectivity index (χ2n) is 8.59. The maximum Gasteiger partial charge on any atom is 0.295 e. The number of aliphatic hydroxyl groups is 1. The maximum atomic E-state index is 13.2. The molecule has 3 aliphatic rings. The quantitative estimate of drug-likeness (QED) is 0.418. The number of carbonyl (C=O) groups is 2. The molecule has 7 nitrogen and oxygen atoms in total. The third-order valence-corrected chi connectivity index (χ3v) is 6.73. The van der Waals surface area contributed by atoms with E-state index in [1.165, 1.54) is 4.90 Å². The number of Topliss-reactive ketones (excluding diaryl/α,β-unsaturated/α-hetero) is 1. The second-order valence-corrected chi connectivity index (χ2v) is 9.03. The standard InChI is InChI=1S/C25H25ClN2O5/c1-27-10-12-33-20-9-6-16(13-19(20)27)23(29)21-22(15-4-7-17(26)8-5-15)28(25(31)24(21)30)14-18-3-2-11-32-18/h4-9,13,18,22,29H,2-3,10-12,14H2,1H3/b23-21-. The van der Waals surface area contributed by atoms with E-state index >= 15 is 0 Å². The summed E-state index contributed by atoms with van der Waals surface area (Å²) in [6, 6.07) is 11.5. The molecule has 5 rings (SSSR count). The SMILES string of the molecule is CN1CCOc2ccc(/C(O)=C3/C(=O)C(=O)N(CC4CCCO4)C3c3ccc(Cl)cc3)cc21. The predicted molar refractivity (Wildman–Crippen MR) is 125 cm³/mol. The van der Waals surface area contributed by atoms with Gasteiger partial charge in [0.05, 0.1) is 30.0 Å². The number of halogens is 1. The molecule has 172 valence electrons. The van der Waals surface area contributed by atoms with Gasteiger partial charge in [0, 0.05) is 30.8 Å². The highest BCUT2D eigenvalue weighted by Gasteiger charge is 2.47. The first kappa shape index (κ1) is 21.8. The average molecular weight is 469 g/mol. The zero-order chi connectivity index (χ0) is 23.1. The molecule has 33 heavy (non-hydrogen) atoms. The number of ketones is 1. The van der Waals surface area contributed by atoms with Gasteiger partial charge in [-0.15, -0.1) is 0 Å². The van der Waals surface area contributed by atoms with Crippen LogP contribution in [0.4, 0.5) is 5.69 Å². The molecule has 2 unspecified atom stereocenters. The normalized spacial score (nSPS) is 24.2. The van der Waals surface area contributed by atoms with Gasteiger partial charge in [0.1, 0.15) is 18.1 Å². The lowest BCUT2D eigenvalue weighted by Gasteiger charge is -2.29. The first-order valence-electron chi connectivity index (χ1n) is 11.1. The van der Waals surface area contributed by atoms with Crippen molar-refractivity contribution in [2.45, 2.75) is 25.0 Å². The summed E-state index contributed by atoms with van der Waals surface area (Å²) in [7, 11) is 1.94. The highest BCUT2D eigenvalue weighted by molar-refractivity contribution is 6.46. The van der Waals surface area contributed by atoms with Crippen LogP contribution in [0.3, 0.4) is 0 Å². The van der Waals surface area contributed by atoms with Crippen LogP contribution in [0.1, 0.15) is 30.0 Å². The van der Waals surface area contributed by atoms with E-state index in [-0.39, 0.29) is 24.0 Å². The summed E-state index contributed by atoms with van der Waals surface area (Å²) in [6.07, 6.45) is 1.62. The highest BCUT2D eigenvalue weighted by Crippen LogP contribution is 2.41. The lowest BCUT2D eigenvalue weighted by atomic mass is 9.95. The van der Waals surface area contributed by atoms with E-state index in [1.807, 2.05) is 11.9 Å². The van der Waals surface area contributed by atoms with E-state index in [0.29, 0.717) is 41.7 Å². The van der Waals surface area contributed by atoms with Crippen molar-refractivity contribution in [1.82, 2.24) is 4.90 Å². The van der Waals surface area contributed by atoms with Crippen LogP contribution in [-0.4, -0.2) is 61.2 Å². The van der Waals surface area contributed by atoms with Gasteiger partial charge in [0.2, 0.25) is 0 Å². The van der Waals surface area contributed by atoms with E-state index in [4.69, 9.17) is 21.1 Å². The van der Waals surface area contributed by atoms with Gasteiger partial charge in [-0.1, -0.05) is 23.7 Å². The van der Waals surface area contributed by atoms with Crippen LogP contribution in [0.25, 0.3) is 5.76 Å². The van der Waals surface area contributed by atoms with Gasteiger partial charge >= 0.3 is 0 Å². The van der Waals surface area contributed by atoms with Crippen molar-refractivity contribution >= 4 is 34.7 Å². The molecule has 2 saturated heterocycles. The molecule has 2 atom stereocenters. The number of rotatable bonds is 4. The fourth-order valence-corrected chi connectivity index (χ4v) is 4.85. The van der Waals surface area contributed by atoms with Crippen LogP contribution < -0.4 is 9.64 Å². The topological polar surface area (TPSA) is 79.3 Å². The maximum absolute atomic E-state index is 13.2. The molecule has 2 aromatic rings. The van der Waals surface area contributed by atoms with Crippen molar-refractivity contribution < 1.29 is 24.2 Å². The van der Waals surface area contributed by atoms with E-state index < -0.39 is 17.7 Å². The number of hydrogen-bond donors (Lipinski definition) is 1. The summed E-state index contributed by atoms with van der Waals surface area (Å²) >= 11 is 6.08. The van der Waals surface area contributed by atoms with Crippen molar-refractivity contribution in [3.63, 3.8) is 0 Å². The van der Waals surface area contributed by atoms with Crippen LogP contribution >= 0.6 is 11.6 Å². The van der Waals surface area contributed by atoms with Gasteiger partial charge in [0.15, 0.2) is 0 Å². The molecule has 0 saturated carbocycles. The first-order chi connectivity index (χ1) is 15.9. The fourth-order valence-electron chi connectivity index (χ4n) is 4.72. The first-order valence-corrected chi connectivity index (χ1v) is 11.5. The van der Waals surface area contributed by atoms with Crippen molar-refractivity contribution in [3.05, 3.63) is 64.2 Å². The minimum absolute atomic E-state index is 0.0691. The summed E-state index contributed by atoms with van der Waals surface area (Å²) in [6.45, 7) is 2.23. The Labute approximate surface area is 197 Å². The smallest absolute Gasteiger partial charge is 0.295 e. The lowest BCUT2D eigenvalue weighted by molar-refractivity contribution is -0.140. The molecule has 0 bridgehead atoms. The number of likely N-dealkylation sites (N-methyl/N-ethyl adjacent to an activating group) is 1. The zero-order valence-corrected chi connectivity index (χ0v) is 19.0. The predicted octanol–water partition coefficient (Wildman–Crippen LogP) is 3.77. The molecule has 3 heterocycles. The fraction of sp³-hybridized carbons (Fsp3) is 0.360. The van der Waals surface area contributed by atoms with Crippen molar-refractivity contribution in [3.8, 4) is 5.75 Å². The summed E-state index contributed by atoms with van der Waals surface area (Å²) in [4.78, 5) is 29.8. The van der Waals surface area contributed by atoms with Gasteiger partial charge < -0.3 is 24.4 Å². The molecule has 8 heteroatoms. The highest BCUT2D eigenvalue weighted by atomic mass is 35.5. The van der Waals surface area contributed by atoms with Gasteiger partial charge in [-0.2, -0.15) is 0 Å². The number of carbonyl (C=O) groups excluding carboxylic acids is 2. The molecule has 2 aromatic carbocycles. The zero-order valence-electron chi connectivity index (χ0n) is 18.3. The van der Waals surface area contributed by atoms with Crippen LogP contribution in [0.2, 0.25) is 5.02 Å². The molecule has 0 aromatic heterocycles. The Morgan fingerprint density at radius 2 is 1.94 bits per heavy atom. The van der Waals surface area contributed by atoms with Gasteiger partial charge in [-0.3, -0.25) is 9.59 Å². The number of anilines is 1. The lowest BCUT2D eigenvalue weighted by Crippen LogP contribution is -2.36. The van der Waals surface area contributed by atoms with Gasteiger partial charge in [-0.25, -0.2) is 0 Å². The average Bonchev–Trinajstić information content (AvgIpc) is 3.42. The Morgan fingerprint density at radius 1 is 1.15 bits per heavy atom.